The van der Waals surface area contributed by atoms with Crippen LogP contribution in [0.3, 0.4) is 0 Å². The molecule has 10 atom stereocenters. The number of hydrogen-bond donors (Lipinski definition) is 7. The number of carbonyl (C=O) groups excluding carboxylic acids is 1. The predicted octanol–water partition coefficient (Wildman–Crippen LogP) is -2.38. The van der Waals surface area contributed by atoms with E-state index in [0.29, 0.717) is 0 Å². The Hall–Kier alpha value is 0.530. The second-order valence-electron chi connectivity index (χ2n) is 6.59. The van der Waals surface area contributed by atoms with Crippen LogP contribution in [0, 0.1) is 0 Å². The highest BCUT2D eigenvalue weighted by Crippen LogP contribution is 2.22. The molecule has 180 valence electrons. The summed E-state index contributed by atoms with van der Waals surface area (Å²) in [6, 6.07) is 0. The molecule has 12 nitrogen and oxygen atoms in total. The Bertz CT molecular complexity index is 467. The van der Waals surface area contributed by atoms with Crippen LogP contribution in [0.5, 0.6) is 0 Å². The predicted molar refractivity (Wildman–Crippen MR) is 118 cm³/mol. The van der Waals surface area contributed by atoms with Gasteiger partial charge in [0.25, 0.3) is 0 Å². The maximum atomic E-state index is 10.5. The van der Waals surface area contributed by atoms with Crippen molar-refractivity contribution in [3.05, 3.63) is 0 Å². The first-order valence-electron chi connectivity index (χ1n) is 8.85. The molecular weight excluding hydrogens is 638 g/mol. The minimum absolute atomic E-state index is 0.134. The second kappa shape index (κ2) is 15.4. The monoisotopic (exact) mass is 668 g/mol. The summed E-state index contributed by atoms with van der Waals surface area (Å²) in [5, 5.41) is 64.9. The van der Waals surface area contributed by atoms with E-state index >= 15 is 0 Å². The highest BCUT2D eigenvalue weighted by molar-refractivity contribution is 15.0. The third-order valence-electron chi connectivity index (χ3n) is 4.48. The molecule has 2 rings (SSSR count). The molecule has 0 spiro atoms. The zero-order chi connectivity index (χ0) is 23.6. The van der Waals surface area contributed by atoms with Crippen LogP contribution in [0.15, 0.2) is 0 Å². The van der Waals surface area contributed by atoms with Gasteiger partial charge < -0.3 is 54.7 Å². The number of rotatable bonds is 4. The third kappa shape index (κ3) is 8.81. The standard InChI is InChI=1S/C9H16O6.C7H14O6.I2/c1-4-7(11)9(13)8(12)6(15-4)3-14-5(2)10;1-12-7-6(11)5(10)4(9)3(2-8)13-7;1-2/h4,6-9,11-13H,3H2,1-2H3;3-11H,2H2,1H3;. The molecule has 0 aromatic heterocycles. The molecule has 0 saturated carbocycles. The van der Waals surface area contributed by atoms with Gasteiger partial charge >= 0.3 is 5.97 Å². The minimum Gasteiger partial charge on any atom is -0.463 e. The molecule has 30 heavy (non-hydrogen) atoms. The van der Waals surface area contributed by atoms with Gasteiger partial charge in [-0.1, -0.05) is 0 Å². The van der Waals surface area contributed by atoms with Crippen molar-refractivity contribution in [2.45, 2.75) is 75.1 Å². The second-order valence-corrected chi connectivity index (χ2v) is 6.59. The zero-order valence-corrected chi connectivity index (χ0v) is 20.9. The van der Waals surface area contributed by atoms with Crippen molar-refractivity contribution < 1.29 is 59.5 Å². The van der Waals surface area contributed by atoms with E-state index in [9.17, 15) is 35.4 Å². The van der Waals surface area contributed by atoms with Gasteiger partial charge in [-0.15, -0.1) is 0 Å². The molecule has 2 saturated heterocycles. The summed E-state index contributed by atoms with van der Waals surface area (Å²) >= 11 is 4.24. The van der Waals surface area contributed by atoms with Crippen LogP contribution in [-0.4, -0.2) is 123 Å². The smallest absolute Gasteiger partial charge is 0.302 e. The normalized spacial score (nSPS) is 40.9. The van der Waals surface area contributed by atoms with Crippen molar-refractivity contribution in [2.24, 2.45) is 0 Å². The van der Waals surface area contributed by atoms with Crippen molar-refractivity contribution in [2.75, 3.05) is 20.3 Å². The number of hydrogen-bond acceptors (Lipinski definition) is 12. The van der Waals surface area contributed by atoms with Gasteiger partial charge in [0.05, 0.1) is 12.7 Å². The lowest BCUT2D eigenvalue weighted by Gasteiger charge is -2.38. The van der Waals surface area contributed by atoms with E-state index in [1.807, 2.05) is 0 Å². The molecular formula is C16H30I2O12. The lowest BCUT2D eigenvalue weighted by molar-refractivity contribution is -0.294. The molecule has 7 N–H and O–H groups in total. The van der Waals surface area contributed by atoms with Crippen LogP contribution in [-0.2, 0) is 23.7 Å². The van der Waals surface area contributed by atoms with Crippen molar-refractivity contribution in [1.82, 2.24) is 0 Å². The Morgan fingerprint density at radius 1 is 0.867 bits per heavy atom. The summed E-state index contributed by atoms with van der Waals surface area (Å²) in [4.78, 5) is 10.5. The molecule has 0 aromatic rings. The number of carbonyl (C=O) groups is 1. The molecule has 2 fully saturated rings. The van der Waals surface area contributed by atoms with Crippen molar-refractivity contribution in [1.29, 1.82) is 0 Å². The lowest BCUT2D eigenvalue weighted by atomic mass is 9.96. The number of halogens is 2. The molecule has 2 aliphatic heterocycles. The van der Waals surface area contributed by atoms with E-state index in [-0.39, 0.29) is 6.61 Å². The number of aliphatic hydroxyl groups excluding tert-OH is 7. The fraction of sp³-hybridized carbons (Fsp3) is 0.938. The van der Waals surface area contributed by atoms with Gasteiger partial charge in [0.2, 0.25) is 0 Å². The Labute approximate surface area is 197 Å². The molecule has 0 aromatic carbocycles. The van der Waals surface area contributed by atoms with Crippen LogP contribution in [0.2, 0.25) is 0 Å². The highest BCUT2D eigenvalue weighted by Gasteiger charge is 2.43. The van der Waals surface area contributed by atoms with Crippen LogP contribution < -0.4 is 0 Å². The van der Waals surface area contributed by atoms with Gasteiger partial charge in [-0.3, -0.25) is 4.79 Å². The van der Waals surface area contributed by atoms with E-state index in [0.717, 1.165) is 0 Å². The van der Waals surface area contributed by atoms with E-state index in [1.165, 1.54) is 14.0 Å². The first-order chi connectivity index (χ1) is 14.0. The first-order valence-corrected chi connectivity index (χ1v) is 15.1. The zero-order valence-electron chi connectivity index (χ0n) is 16.6. The SMILES string of the molecule is CC(=O)OCC1OC(C)C(O)C(O)C1O.COC1OC(CO)C(O)C(O)C1O.II. The largest absolute Gasteiger partial charge is 0.463 e. The molecule has 0 amide bonds. The Balaban J connectivity index is 0.000000522. The van der Waals surface area contributed by atoms with Gasteiger partial charge in [-0.25, -0.2) is 0 Å². The molecule has 10 unspecified atom stereocenters. The molecule has 14 heteroatoms. The van der Waals surface area contributed by atoms with E-state index in [1.54, 1.807) is 6.92 Å². The van der Waals surface area contributed by atoms with Gasteiger partial charge in [-0.2, -0.15) is 0 Å². The van der Waals surface area contributed by atoms with Crippen molar-refractivity contribution in [3.8, 4) is 0 Å². The first kappa shape index (κ1) is 30.5. The number of esters is 1. The van der Waals surface area contributed by atoms with Crippen LogP contribution in [0.25, 0.3) is 0 Å². The van der Waals surface area contributed by atoms with E-state index in [4.69, 9.17) is 19.3 Å². The average Bonchev–Trinajstić information content (AvgIpc) is 2.74. The Morgan fingerprint density at radius 2 is 1.37 bits per heavy atom. The average molecular weight is 668 g/mol. The van der Waals surface area contributed by atoms with Crippen LogP contribution in [0.4, 0.5) is 0 Å². The summed E-state index contributed by atoms with van der Waals surface area (Å²) in [6.07, 6.45) is -11.0. The van der Waals surface area contributed by atoms with Gasteiger partial charge in [0.1, 0.15) is 55.4 Å². The maximum Gasteiger partial charge on any atom is 0.302 e. The Kier molecular flexibility index (Phi) is 15.7. The number of aliphatic hydroxyl groups is 7. The molecule has 2 aliphatic rings. The lowest BCUT2D eigenvalue weighted by Crippen LogP contribution is -2.58. The maximum absolute atomic E-state index is 10.5. The quantitative estimate of drug-likeness (QED) is 0.125. The highest BCUT2D eigenvalue weighted by atomic mass is 128. The topological polar surface area (TPSA) is 196 Å². The summed E-state index contributed by atoms with van der Waals surface area (Å²) < 4.78 is 19.5. The van der Waals surface area contributed by atoms with E-state index < -0.39 is 73.8 Å². The summed E-state index contributed by atoms with van der Waals surface area (Å²) in [6.45, 7) is 2.24. The fourth-order valence-electron chi connectivity index (χ4n) is 2.74. The number of methoxy groups -OCH3 is 1. The van der Waals surface area contributed by atoms with Gasteiger partial charge in [0.15, 0.2) is 6.29 Å². The molecule has 2 heterocycles. The van der Waals surface area contributed by atoms with Gasteiger partial charge in [0, 0.05) is 51.3 Å². The van der Waals surface area contributed by atoms with Gasteiger partial charge in [-0.05, 0) is 6.92 Å². The summed E-state index contributed by atoms with van der Waals surface area (Å²) in [7, 11) is 1.30. The molecule has 0 bridgehead atoms. The summed E-state index contributed by atoms with van der Waals surface area (Å²) in [5.74, 6) is -0.487. The van der Waals surface area contributed by atoms with Crippen molar-refractivity contribution in [3.63, 3.8) is 0 Å². The van der Waals surface area contributed by atoms with Crippen molar-refractivity contribution >= 4 is 43.2 Å². The number of ether oxygens (including phenoxy) is 4. The molecule has 0 aliphatic carbocycles. The Morgan fingerprint density at radius 3 is 1.83 bits per heavy atom. The van der Waals surface area contributed by atoms with Crippen LogP contribution in [0.1, 0.15) is 13.8 Å². The fourth-order valence-corrected chi connectivity index (χ4v) is 2.74. The minimum atomic E-state index is -1.36. The van der Waals surface area contributed by atoms with Crippen LogP contribution >= 0.6 is 37.2 Å². The molecule has 0 radical (unpaired) electrons. The summed E-state index contributed by atoms with van der Waals surface area (Å²) in [5.41, 5.74) is 0. The third-order valence-corrected chi connectivity index (χ3v) is 4.48. The van der Waals surface area contributed by atoms with E-state index in [2.05, 4.69) is 42.0 Å².